The van der Waals surface area contributed by atoms with Crippen molar-refractivity contribution < 1.29 is 52.7 Å². The Hall–Kier alpha value is -10.1. The van der Waals surface area contributed by atoms with Crippen LogP contribution in [0.15, 0.2) is 120 Å². The van der Waals surface area contributed by atoms with E-state index in [1.165, 1.54) is 6.92 Å². The van der Waals surface area contributed by atoms with Crippen molar-refractivity contribution >= 4 is 92.5 Å². The lowest BCUT2D eigenvalue weighted by atomic mass is 9.97. The van der Waals surface area contributed by atoms with Crippen molar-refractivity contribution in [3.05, 3.63) is 132 Å². The summed E-state index contributed by atoms with van der Waals surface area (Å²) in [5.74, 6) is -9.17. The Morgan fingerprint density at radius 2 is 0.755 bits per heavy atom. The number of aliphatic imine (C=N–C) groups is 1. The van der Waals surface area contributed by atoms with Crippen molar-refractivity contribution in [1.82, 2.24) is 47.9 Å². The molecule has 0 aliphatic carbocycles. The van der Waals surface area contributed by atoms with Crippen LogP contribution < -0.4 is 93.7 Å². The molecule has 11 amide bonds. The summed E-state index contributed by atoms with van der Waals surface area (Å²) in [4.78, 5) is 160. The van der Waals surface area contributed by atoms with Gasteiger partial charge in [-0.15, -0.1) is 0 Å². The van der Waals surface area contributed by atoms with Gasteiger partial charge in [0, 0.05) is 32.2 Å². The molecule has 0 radical (unpaired) electrons. The van der Waals surface area contributed by atoms with Crippen LogP contribution in [0.2, 0.25) is 0 Å². The van der Waals surface area contributed by atoms with Crippen molar-refractivity contribution in [3.8, 4) is 0 Å². The molecule has 0 aliphatic heterocycles. The first-order valence-corrected chi connectivity index (χ1v) is 35.0. The summed E-state index contributed by atoms with van der Waals surface area (Å²) in [5, 5.41) is 27.8. The fourth-order valence-electron chi connectivity index (χ4n) is 11.7. The van der Waals surface area contributed by atoms with Crippen LogP contribution in [0.5, 0.6) is 0 Å². The van der Waals surface area contributed by atoms with E-state index in [4.69, 9.17) is 45.9 Å². The number of guanidine groups is 1. The zero-order valence-electron chi connectivity index (χ0n) is 58.7. The highest BCUT2D eigenvalue weighted by Gasteiger charge is 2.36. The van der Waals surface area contributed by atoms with Gasteiger partial charge in [-0.1, -0.05) is 136 Å². The van der Waals surface area contributed by atoms with Crippen molar-refractivity contribution in [2.75, 3.05) is 26.2 Å². The molecule has 5 rings (SSSR count). The molecule has 0 heterocycles. The molecule has 29 nitrogen and oxygen atoms in total. The Kier molecular flexibility index (Phi) is 35.2. The molecule has 5 aromatic rings. The third kappa shape index (κ3) is 28.1. The Morgan fingerprint density at radius 1 is 0.373 bits per heavy atom. The molecule has 0 spiro atoms. The van der Waals surface area contributed by atoms with Gasteiger partial charge in [-0.05, 0) is 148 Å². The van der Waals surface area contributed by atoms with E-state index < -0.39 is 138 Å². The maximum Gasteiger partial charge on any atom is 0.243 e. The lowest BCUT2D eigenvalue weighted by Gasteiger charge is -2.28. The quantitative estimate of drug-likeness (QED) is 0.0138. The number of nitrogens with zero attached hydrogens (tertiary/aromatic N) is 1. The third-order valence-electron chi connectivity index (χ3n) is 17.3. The molecule has 554 valence electrons. The van der Waals surface area contributed by atoms with Crippen LogP contribution in [0.25, 0.3) is 21.5 Å². The molecule has 10 atom stereocenters. The molecule has 0 unspecified atom stereocenters. The average Bonchev–Trinajstić information content (AvgIpc) is 0.823. The van der Waals surface area contributed by atoms with E-state index in [1.807, 2.05) is 74.5 Å². The zero-order chi connectivity index (χ0) is 74.7. The number of rotatable bonds is 46. The van der Waals surface area contributed by atoms with E-state index in [9.17, 15) is 43.2 Å². The average molecular weight is 1410 g/mol. The van der Waals surface area contributed by atoms with Gasteiger partial charge in [0.25, 0.3) is 0 Å². The van der Waals surface area contributed by atoms with Gasteiger partial charge in [0.05, 0.1) is 6.04 Å². The second kappa shape index (κ2) is 43.5. The number of unbranched alkanes of at least 4 members (excludes halogenated alkanes) is 3. The molecule has 102 heavy (non-hydrogen) atoms. The van der Waals surface area contributed by atoms with Crippen molar-refractivity contribution in [3.63, 3.8) is 0 Å². The minimum absolute atomic E-state index is 0.00853. The van der Waals surface area contributed by atoms with Gasteiger partial charge in [-0.25, -0.2) is 0 Å². The molecule has 0 fully saturated rings. The summed E-state index contributed by atoms with van der Waals surface area (Å²) in [7, 11) is 0. The Balaban J connectivity index is 1.45. The SMILES string of the molecule is CC(C)C[C@@H](NC(=O)[C@H](N)CCCCN)C(=O)N[C@H](Cc1ccccc1)C(=O)N[C@H](CCCN=C(N)N)C(=O)N[C@H](Cc1cccc2ccccc12)C(=O)N[C@H](CCC(N)=O)C(=O)N[C@H](C)C(=O)N[C@H](CCCCN)C(=O)N[C@H](Cc1cccc2ccccc12)C(=O)N[C@H](CCCCN)C(N)=O. The van der Waals surface area contributed by atoms with Crippen LogP contribution in [0, 0.1) is 5.92 Å². The highest BCUT2D eigenvalue weighted by Crippen LogP contribution is 2.23. The third-order valence-corrected chi connectivity index (χ3v) is 17.3. The van der Waals surface area contributed by atoms with Crippen LogP contribution in [-0.4, -0.2) is 158 Å². The summed E-state index contributed by atoms with van der Waals surface area (Å²) in [5.41, 5.74) is 48.0. The van der Waals surface area contributed by atoms with Crippen molar-refractivity contribution in [1.29, 1.82) is 0 Å². The molecule has 0 saturated carbocycles. The summed E-state index contributed by atoms with van der Waals surface area (Å²) in [6, 6.07) is 21.3. The Morgan fingerprint density at radius 3 is 1.24 bits per heavy atom. The van der Waals surface area contributed by atoms with Gasteiger partial charge in [-0.3, -0.25) is 57.7 Å². The van der Waals surface area contributed by atoms with Crippen molar-refractivity contribution in [2.24, 2.45) is 56.8 Å². The first-order valence-electron chi connectivity index (χ1n) is 35.0. The molecular formula is C73H106N18O11. The number of benzene rings is 5. The predicted molar refractivity (Wildman–Crippen MR) is 392 cm³/mol. The van der Waals surface area contributed by atoms with Gasteiger partial charge >= 0.3 is 0 Å². The molecule has 0 bridgehead atoms. The minimum atomic E-state index is -1.60. The van der Waals surface area contributed by atoms with Crippen LogP contribution in [0.1, 0.15) is 127 Å². The standard InChI is InChI=1S/C73H106N18O11/c1-44(2)40-58(88-65(95)53(77)30-11-14-36-74)69(99)89-59(41-46-20-5-4-6-21-46)70(100)86-56(33-19-39-82-73(80)81)68(98)91-61(43-50-27-18-25-48-23-8-10-29-52(48)50)72(102)87-57(34-35-62(78)92)66(96)83-45(3)64(94)85-55(32-13-16-38-76)67(97)90-60(71(101)84-54(63(79)93)31-12-15-37-75)42-49-26-17-24-47-22-7-9-28-51(47)49/h4-10,17-18,20-29,44-45,53-61H,11-16,19,30-43,74-77H2,1-3H3,(H2,78,92)(H2,79,93)(H,83,96)(H,84,101)(H,85,94)(H,86,100)(H,87,102)(H,88,95)(H,89,99)(H,90,97)(H,91,98)(H4,80,81,82)/t45-,53-,54-,55-,56-,57-,58-,59-,60-,61-/m1/s1. The first-order chi connectivity index (χ1) is 48.8. The fourth-order valence-corrected chi connectivity index (χ4v) is 11.7. The summed E-state index contributed by atoms with van der Waals surface area (Å²) < 4.78 is 0. The van der Waals surface area contributed by atoms with E-state index in [1.54, 1.807) is 54.6 Å². The number of carbonyl (C=O) groups excluding carboxylic acids is 11. The first kappa shape index (κ1) is 82.6. The predicted octanol–water partition coefficient (Wildman–Crippen LogP) is -0.0312. The smallest absolute Gasteiger partial charge is 0.243 e. The highest BCUT2D eigenvalue weighted by molar-refractivity contribution is 6.00. The van der Waals surface area contributed by atoms with Gasteiger partial charge in [0.1, 0.15) is 54.4 Å². The van der Waals surface area contributed by atoms with E-state index in [-0.39, 0.29) is 76.3 Å². The lowest BCUT2D eigenvalue weighted by Crippen LogP contribution is -2.61. The number of amides is 11. The van der Waals surface area contributed by atoms with E-state index in [0.29, 0.717) is 80.1 Å². The normalized spacial score (nSPS) is 14.2. The molecular weight excluding hydrogens is 1300 g/mol. The Bertz CT molecular complexity index is 3620. The van der Waals surface area contributed by atoms with Crippen LogP contribution >= 0.6 is 0 Å². The Labute approximate surface area is 595 Å². The summed E-state index contributed by atoms with van der Waals surface area (Å²) in [6.07, 6.45) is 2.61. The van der Waals surface area contributed by atoms with Gasteiger partial charge < -0.3 is 93.7 Å². The number of nitrogens with one attached hydrogen (secondary N) is 9. The summed E-state index contributed by atoms with van der Waals surface area (Å²) >= 11 is 0. The van der Waals surface area contributed by atoms with E-state index in [0.717, 1.165) is 16.2 Å². The van der Waals surface area contributed by atoms with Crippen LogP contribution in [0.3, 0.4) is 0 Å². The van der Waals surface area contributed by atoms with Crippen molar-refractivity contribution in [2.45, 2.75) is 190 Å². The maximum absolute atomic E-state index is 15.1. The lowest BCUT2D eigenvalue weighted by molar-refractivity contribution is -0.136. The maximum atomic E-state index is 15.1. The molecule has 25 N–H and O–H groups in total. The largest absolute Gasteiger partial charge is 0.370 e. The van der Waals surface area contributed by atoms with Crippen LogP contribution in [0.4, 0.5) is 0 Å². The number of hydrogen-bond acceptors (Lipinski definition) is 16. The monoisotopic (exact) mass is 1410 g/mol. The zero-order valence-corrected chi connectivity index (χ0v) is 58.7. The van der Waals surface area contributed by atoms with Gasteiger partial charge in [0.15, 0.2) is 5.96 Å². The number of hydrogen-bond donors (Lipinski definition) is 17. The molecule has 0 saturated heterocycles. The minimum Gasteiger partial charge on any atom is -0.370 e. The number of fused-ring (bicyclic) bond motifs is 2. The fraction of sp³-hybridized carbons (Fsp3) is 0.479. The highest BCUT2D eigenvalue weighted by atomic mass is 16.2. The second-order valence-corrected chi connectivity index (χ2v) is 26.0. The van der Waals surface area contributed by atoms with Gasteiger partial charge in [0.2, 0.25) is 65.0 Å². The number of nitrogens with two attached hydrogens (primary N) is 8. The molecule has 0 aromatic heterocycles. The molecule has 29 heteroatoms. The van der Waals surface area contributed by atoms with E-state index in [2.05, 4.69) is 52.8 Å². The topological polar surface area (TPSA) is 517 Å². The second-order valence-electron chi connectivity index (χ2n) is 26.0. The molecule has 5 aromatic carbocycles. The van der Waals surface area contributed by atoms with Crippen LogP contribution in [-0.2, 0) is 72.0 Å². The number of carbonyl (C=O) groups is 11. The summed E-state index contributed by atoms with van der Waals surface area (Å²) in [6.45, 7) is 6.07. The van der Waals surface area contributed by atoms with E-state index >= 15 is 9.59 Å². The molecule has 0 aliphatic rings. The van der Waals surface area contributed by atoms with Gasteiger partial charge in [-0.2, -0.15) is 0 Å². The number of primary amides is 2.